The van der Waals surface area contributed by atoms with Crippen LogP contribution in [-0.4, -0.2) is 15.8 Å². The minimum atomic E-state index is 0.0199. The highest BCUT2D eigenvalue weighted by atomic mass is 16.1. The van der Waals surface area contributed by atoms with Crippen molar-refractivity contribution in [2.24, 2.45) is 5.92 Å². The standard InChI is InChI=1S/C11H18N2O/c1-5-6-9-12-8(4)10(13-9)11(14)7(2)3/h7H,5-6H2,1-4H3,(H,12,13). The van der Waals surface area contributed by atoms with Gasteiger partial charge in [0.2, 0.25) is 0 Å². The van der Waals surface area contributed by atoms with Crippen LogP contribution in [0.3, 0.4) is 0 Å². The Morgan fingerprint density at radius 2 is 2.14 bits per heavy atom. The Hall–Kier alpha value is -1.12. The largest absolute Gasteiger partial charge is 0.345 e. The topological polar surface area (TPSA) is 45.8 Å². The van der Waals surface area contributed by atoms with Crippen LogP contribution in [-0.2, 0) is 6.42 Å². The summed E-state index contributed by atoms with van der Waals surface area (Å²) in [6.45, 7) is 7.80. The lowest BCUT2D eigenvalue weighted by atomic mass is 10.1. The van der Waals surface area contributed by atoms with Crippen LogP contribution < -0.4 is 0 Å². The van der Waals surface area contributed by atoms with Crippen molar-refractivity contribution >= 4 is 5.78 Å². The van der Waals surface area contributed by atoms with Crippen LogP contribution in [0.5, 0.6) is 0 Å². The van der Waals surface area contributed by atoms with Crippen molar-refractivity contribution in [2.75, 3.05) is 0 Å². The number of hydrogen-bond donors (Lipinski definition) is 1. The van der Waals surface area contributed by atoms with Gasteiger partial charge in [0.25, 0.3) is 0 Å². The second-order valence-electron chi connectivity index (χ2n) is 3.93. The van der Waals surface area contributed by atoms with E-state index in [-0.39, 0.29) is 11.7 Å². The number of rotatable bonds is 4. The van der Waals surface area contributed by atoms with Gasteiger partial charge >= 0.3 is 0 Å². The second kappa shape index (κ2) is 4.40. The van der Waals surface area contributed by atoms with Crippen molar-refractivity contribution < 1.29 is 4.79 Å². The third kappa shape index (κ3) is 2.22. The fraction of sp³-hybridized carbons (Fsp3) is 0.636. The number of carbonyl (C=O) groups is 1. The van der Waals surface area contributed by atoms with Crippen molar-refractivity contribution in [3.63, 3.8) is 0 Å². The highest BCUT2D eigenvalue weighted by molar-refractivity contribution is 5.96. The summed E-state index contributed by atoms with van der Waals surface area (Å²) in [5.41, 5.74) is 1.51. The monoisotopic (exact) mass is 194 g/mol. The molecule has 0 spiro atoms. The van der Waals surface area contributed by atoms with Crippen molar-refractivity contribution in [1.29, 1.82) is 0 Å². The molecule has 0 saturated heterocycles. The molecule has 3 heteroatoms. The molecule has 14 heavy (non-hydrogen) atoms. The van der Waals surface area contributed by atoms with E-state index in [4.69, 9.17) is 0 Å². The molecule has 0 fully saturated rings. The van der Waals surface area contributed by atoms with E-state index in [0.717, 1.165) is 24.4 Å². The van der Waals surface area contributed by atoms with Gasteiger partial charge < -0.3 is 4.98 Å². The van der Waals surface area contributed by atoms with Gasteiger partial charge in [0.05, 0.1) is 0 Å². The highest BCUT2D eigenvalue weighted by Gasteiger charge is 2.17. The SMILES string of the molecule is CCCc1nc(C(=O)C(C)C)c(C)[nH]1. The summed E-state index contributed by atoms with van der Waals surface area (Å²) in [7, 11) is 0. The maximum Gasteiger partial charge on any atom is 0.185 e. The van der Waals surface area contributed by atoms with Gasteiger partial charge in [-0.15, -0.1) is 0 Å². The second-order valence-corrected chi connectivity index (χ2v) is 3.93. The zero-order valence-electron chi connectivity index (χ0n) is 9.35. The van der Waals surface area contributed by atoms with Crippen molar-refractivity contribution in [1.82, 2.24) is 9.97 Å². The van der Waals surface area contributed by atoms with Gasteiger partial charge in [0.1, 0.15) is 11.5 Å². The third-order valence-corrected chi connectivity index (χ3v) is 2.18. The van der Waals surface area contributed by atoms with Crippen LogP contribution in [0.1, 0.15) is 49.2 Å². The average Bonchev–Trinajstić information content (AvgIpc) is 2.46. The van der Waals surface area contributed by atoms with Gasteiger partial charge in [0, 0.05) is 18.0 Å². The Morgan fingerprint density at radius 1 is 1.50 bits per heavy atom. The van der Waals surface area contributed by atoms with E-state index in [9.17, 15) is 4.79 Å². The summed E-state index contributed by atoms with van der Waals surface area (Å²) >= 11 is 0. The first-order valence-corrected chi connectivity index (χ1v) is 5.16. The molecule has 1 heterocycles. The molecule has 0 aliphatic heterocycles. The molecule has 0 aliphatic carbocycles. The van der Waals surface area contributed by atoms with E-state index in [0.29, 0.717) is 5.69 Å². The zero-order valence-corrected chi connectivity index (χ0v) is 9.35. The predicted molar refractivity (Wildman–Crippen MR) is 56.5 cm³/mol. The Balaban J connectivity index is 2.92. The Bertz CT molecular complexity index is 326. The van der Waals surface area contributed by atoms with E-state index in [1.165, 1.54) is 0 Å². The van der Waals surface area contributed by atoms with Gasteiger partial charge in [0.15, 0.2) is 5.78 Å². The summed E-state index contributed by atoms with van der Waals surface area (Å²) < 4.78 is 0. The van der Waals surface area contributed by atoms with Crippen molar-refractivity contribution in [3.05, 3.63) is 17.2 Å². The number of carbonyl (C=O) groups excluding carboxylic acids is 1. The van der Waals surface area contributed by atoms with Gasteiger partial charge in [-0.05, 0) is 13.3 Å². The molecule has 0 radical (unpaired) electrons. The quantitative estimate of drug-likeness (QED) is 0.748. The summed E-state index contributed by atoms with van der Waals surface area (Å²) in [6.07, 6.45) is 1.95. The number of aryl methyl sites for hydroxylation is 2. The van der Waals surface area contributed by atoms with Gasteiger partial charge in [-0.25, -0.2) is 4.98 Å². The van der Waals surface area contributed by atoms with Crippen LogP contribution >= 0.6 is 0 Å². The van der Waals surface area contributed by atoms with E-state index in [1.807, 2.05) is 20.8 Å². The molecule has 3 nitrogen and oxygen atoms in total. The highest BCUT2D eigenvalue weighted by Crippen LogP contribution is 2.11. The number of Topliss-reactive ketones (excluding diaryl/α,β-unsaturated/α-hetero) is 1. The maximum absolute atomic E-state index is 11.7. The first-order valence-electron chi connectivity index (χ1n) is 5.16. The van der Waals surface area contributed by atoms with E-state index < -0.39 is 0 Å². The van der Waals surface area contributed by atoms with E-state index >= 15 is 0 Å². The van der Waals surface area contributed by atoms with Crippen LogP contribution in [0.2, 0.25) is 0 Å². The summed E-state index contributed by atoms with van der Waals surface area (Å²) in [4.78, 5) is 19.2. The zero-order chi connectivity index (χ0) is 10.7. The average molecular weight is 194 g/mol. The molecular weight excluding hydrogens is 176 g/mol. The first-order chi connectivity index (χ1) is 6.56. The van der Waals surface area contributed by atoms with Gasteiger partial charge in [-0.3, -0.25) is 4.79 Å². The fourth-order valence-electron chi connectivity index (χ4n) is 1.39. The molecule has 0 aromatic carbocycles. The van der Waals surface area contributed by atoms with Crippen LogP contribution in [0.4, 0.5) is 0 Å². The molecule has 0 atom stereocenters. The molecule has 1 aromatic heterocycles. The van der Waals surface area contributed by atoms with Gasteiger partial charge in [-0.2, -0.15) is 0 Å². The molecule has 0 aliphatic rings. The van der Waals surface area contributed by atoms with Crippen molar-refractivity contribution in [2.45, 2.75) is 40.5 Å². The maximum atomic E-state index is 11.7. The van der Waals surface area contributed by atoms with Crippen LogP contribution in [0, 0.1) is 12.8 Å². The molecule has 0 saturated carbocycles. The van der Waals surface area contributed by atoms with E-state index in [2.05, 4.69) is 16.9 Å². The molecule has 0 bridgehead atoms. The summed E-state index contributed by atoms with van der Waals surface area (Å²) in [5, 5.41) is 0. The smallest absolute Gasteiger partial charge is 0.185 e. The number of imidazole rings is 1. The Kier molecular flexibility index (Phi) is 3.44. The number of aromatic nitrogens is 2. The number of H-pyrrole nitrogens is 1. The van der Waals surface area contributed by atoms with Crippen LogP contribution in [0.25, 0.3) is 0 Å². The summed E-state index contributed by atoms with van der Waals surface area (Å²) in [6, 6.07) is 0. The number of hydrogen-bond acceptors (Lipinski definition) is 2. The number of aromatic amines is 1. The summed E-state index contributed by atoms with van der Waals surface area (Å²) in [5.74, 6) is 1.07. The predicted octanol–water partition coefficient (Wildman–Crippen LogP) is 2.51. The molecule has 78 valence electrons. The van der Waals surface area contributed by atoms with E-state index in [1.54, 1.807) is 0 Å². The Morgan fingerprint density at radius 3 is 2.64 bits per heavy atom. The fourth-order valence-corrected chi connectivity index (χ4v) is 1.39. The first kappa shape index (κ1) is 11.0. The lowest BCUT2D eigenvalue weighted by Crippen LogP contribution is -2.09. The van der Waals surface area contributed by atoms with Crippen molar-refractivity contribution in [3.8, 4) is 0 Å². The Labute approximate surface area is 84.9 Å². The number of nitrogens with zero attached hydrogens (tertiary/aromatic N) is 1. The minimum absolute atomic E-state index is 0.0199. The third-order valence-electron chi connectivity index (χ3n) is 2.18. The minimum Gasteiger partial charge on any atom is -0.345 e. The molecule has 1 rings (SSSR count). The molecule has 1 aromatic rings. The number of ketones is 1. The number of nitrogens with one attached hydrogen (secondary N) is 1. The molecule has 1 N–H and O–H groups in total. The molecule has 0 unspecified atom stereocenters. The molecular formula is C11H18N2O. The molecule has 0 amide bonds. The lowest BCUT2D eigenvalue weighted by Gasteiger charge is -2.00. The lowest BCUT2D eigenvalue weighted by molar-refractivity contribution is 0.0934. The van der Waals surface area contributed by atoms with Gasteiger partial charge in [-0.1, -0.05) is 20.8 Å². The normalized spacial score (nSPS) is 10.9. The van der Waals surface area contributed by atoms with Crippen LogP contribution in [0.15, 0.2) is 0 Å².